The lowest BCUT2D eigenvalue weighted by molar-refractivity contribution is -0.117. The average molecular weight is 299 g/mol. The van der Waals surface area contributed by atoms with Gasteiger partial charge in [-0.1, -0.05) is 28.1 Å². The molecule has 1 saturated carbocycles. The van der Waals surface area contributed by atoms with Crippen LogP contribution in [0.2, 0.25) is 0 Å². The maximum absolute atomic E-state index is 11.7. The van der Waals surface area contributed by atoms with Crippen molar-refractivity contribution >= 4 is 44.7 Å². The Balaban J connectivity index is 2.26. The Morgan fingerprint density at radius 3 is 2.75 bits per heavy atom. The quantitative estimate of drug-likeness (QED) is 0.843. The summed E-state index contributed by atoms with van der Waals surface area (Å²) in [7, 11) is 0. The number of carbonyl (C=O) groups excluding carboxylic acids is 1. The number of carbonyl (C=O) groups is 1. The van der Waals surface area contributed by atoms with Gasteiger partial charge in [0.1, 0.15) is 4.99 Å². The minimum atomic E-state index is 0.0515. The van der Waals surface area contributed by atoms with Crippen molar-refractivity contribution < 1.29 is 4.79 Å². The Kier molecular flexibility index (Phi) is 3.25. The molecule has 84 valence electrons. The summed E-state index contributed by atoms with van der Waals surface area (Å²) in [6.45, 7) is 0. The topological polar surface area (TPSA) is 55.1 Å². The Bertz CT molecular complexity index is 457. The first-order valence-electron chi connectivity index (χ1n) is 4.98. The summed E-state index contributed by atoms with van der Waals surface area (Å²) < 4.78 is 0.888. The highest BCUT2D eigenvalue weighted by Gasteiger charge is 2.30. The molecule has 1 aliphatic carbocycles. The Labute approximate surface area is 108 Å². The highest BCUT2D eigenvalue weighted by Crippen LogP contribution is 2.31. The average Bonchev–Trinajstić information content (AvgIpc) is 2.99. The molecular weight excluding hydrogens is 288 g/mol. The second-order valence-corrected chi connectivity index (χ2v) is 5.17. The zero-order valence-corrected chi connectivity index (χ0v) is 10.9. The van der Waals surface area contributed by atoms with Crippen LogP contribution in [0.25, 0.3) is 0 Å². The number of thiocarbonyl (C=S) groups is 1. The molecule has 0 radical (unpaired) electrons. The van der Waals surface area contributed by atoms with Crippen LogP contribution < -0.4 is 11.1 Å². The van der Waals surface area contributed by atoms with E-state index in [0.717, 1.165) is 17.3 Å². The fourth-order valence-electron chi connectivity index (χ4n) is 1.42. The summed E-state index contributed by atoms with van der Waals surface area (Å²) in [6.07, 6.45) is 1.95. The lowest BCUT2D eigenvalue weighted by atomic mass is 10.1. The van der Waals surface area contributed by atoms with Crippen molar-refractivity contribution in [2.75, 3.05) is 5.32 Å². The van der Waals surface area contributed by atoms with E-state index >= 15 is 0 Å². The van der Waals surface area contributed by atoms with Gasteiger partial charge in [-0.05, 0) is 31.0 Å². The fourth-order valence-corrected chi connectivity index (χ4v) is 1.95. The number of amides is 1. The maximum Gasteiger partial charge on any atom is 0.227 e. The third kappa shape index (κ3) is 2.59. The number of halogens is 1. The lowest BCUT2D eigenvalue weighted by Crippen LogP contribution is -2.18. The van der Waals surface area contributed by atoms with Crippen LogP contribution in [0, 0.1) is 5.92 Å². The minimum absolute atomic E-state index is 0.0515. The molecule has 1 aromatic carbocycles. The molecule has 0 bridgehead atoms. The predicted molar refractivity (Wildman–Crippen MR) is 71.4 cm³/mol. The Hall–Kier alpha value is -0.940. The number of nitrogens with two attached hydrogens (primary N) is 1. The van der Waals surface area contributed by atoms with Crippen LogP contribution in [0.3, 0.4) is 0 Å². The second kappa shape index (κ2) is 4.51. The number of hydrogen-bond donors (Lipinski definition) is 2. The molecule has 0 unspecified atom stereocenters. The molecule has 0 aromatic heterocycles. The van der Waals surface area contributed by atoms with Crippen LogP contribution in [0.5, 0.6) is 0 Å². The third-order valence-electron chi connectivity index (χ3n) is 2.45. The molecule has 1 aromatic rings. The van der Waals surface area contributed by atoms with Crippen molar-refractivity contribution in [3.8, 4) is 0 Å². The number of nitrogens with one attached hydrogen (secondary N) is 1. The summed E-state index contributed by atoms with van der Waals surface area (Å²) in [5.41, 5.74) is 6.98. The standard InChI is InChI=1S/C11H11BrN2OS/c12-7-3-4-8(10(13)16)9(5-7)14-11(15)6-1-2-6/h3-6H,1-2H2,(H2,13,16)(H,14,15). The third-order valence-corrected chi connectivity index (χ3v) is 3.17. The van der Waals surface area contributed by atoms with Gasteiger partial charge in [-0.3, -0.25) is 4.79 Å². The summed E-state index contributed by atoms with van der Waals surface area (Å²) >= 11 is 8.29. The molecule has 1 amide bonds. The van der Waals surface area contributed by atoms with Crippen LogP contribution in [-0.4, -0.2) is 10.9 Å². The molecule has 0 atom stereocenters. The normalized spacial score (nSPS) is 14.6. The molecule has 0 aliphatic heterocycles. The van der Waals surface area contributed by atoms with Gasteiger partial charge >= 0.3 is 0 Å². The van der Waals surface area contributed by atoms with Crippen molar-refractivity contribution in [1.82, 2.24) is 0 Å². The van der Waals surface area contributed by atoms with E-state index in [1.807, 2.05) is 12.1 Å². The number of anilines is 1. The lowest BCUT2D eigenvalue weighted by Gasteiger charge is -2.10. The second-order valence-electron chi connectivity index (χ2n) is 3.82. The van der Waals surface area contributed by atoms with E-state index in [-0.39, 0.29) is 11.8 Å². The van der Waals surface area contributed by atoms with Gasteiger partial charge in [-0.25, -0.2) is 0 Å². The van der Waals surface area contributed by atoms with Crippen molar-refractivity contribution in [3.05, 3.63) is 28.2 Å². The first kappa shape index (κ1) is 11.5. The number of benzene rings is 1. The largest absolute Gasteiger partial charge is 0.389 e. The summed E-state index contributed by atoms with van der Waals surface area (Å²) in [4.78, 5) is 11.9. The molecule has 1 aliphatic rings. The number of hydrogen-bond acceptors (Lipinski definition) is 2. The molecule has 3 nitrogen and oxygen atoms in total. The van der Waals surface area contributed by atoms with Gasteiger partial charge in [0.2, 0.25) is 5.91 Å². The van der Waals surface area contributed by atoms with E-state index in [2.05, 4.69) is 21.2 Å². The van der Waals surface area contributed by atoms with Crippen LogP contribution in [0.4, 0.5) is 5.69 Å². The molecule has 2 rings (SSSR count). The van der Waals surface area contributed by atoms with Crippen LogP contribution in [0.15, 0.2) is 22.7 Å². The van der Waals surface area contributed by atoms with E-state index in [1.54, 1.807) is 6.07 Å². The SMILES string of the molecule is NC(=S)c1ccc(Br)cc1NC(=O)C1CC1. The van der Waals surface area contributed by atoms with E-state index in [9.17, 15) is 4.79 Å². The molecule has 5 heteroatoms. The Morgan fingerprint density at radius 1 is 1.50 bits per heavy atom. The molecule has 0 heterocycles. The zero-order chi connectivity index (χ0) is 11.7. The zero-order valence-electron chi connectivity index (χ0n) is 8.50. The first-order valence-corrected chi connectivity index (χ1v) is 6.18. The van der Waals surface area contributed by atoms with Crippen LogP contribution in [-0.2, 0) is 4.79 Å². The molecular formula is C11H11BrN2OS. The van der Waals surface area contributed by atoms with Crippen molar-refractivity contribution in [2.45, 2.75) is 12.8 Å². The van der Waals surface area contributed by atoms with Gasteiger partial charge in [0.15, 0.2) is 0 Å². The summed E-state index contributed by atoms with van der Waals surface area (Å²) in [5.74, 6) is 0.216. The highest BCUT2D eigenvalue weighted by molar-refractivity contribution is 9.10. The van der Waals surface area contributed by atoms with Gasteiger partial charge in [0.05, 0.1) is 5.69 Å². The summed E-state index contributed by atoms with van der Waals surface area (Å²) in [5, 5.41) is 2.86. The smallest absolute Gasteiger partial charge is 0.227 e. The molecule has 0 saturated heterocycles. The monoisotopic (exact) mass is 298 g/mol. The molecule has 0 spiro atoms. The van der Waals surface area contributed by atoms with E-state index in [0.29, 0.717) is 16.2 Å². The van der Waals surface area contributed by atoms with Gasteiger partial charge in [-0.2, -0.15) is 0 Å². The first-order chi connectivity index (χ1) is 7.58. The van der Waals surface area contributed by atoms with E-state index < -0.39 is 0 Å². The van der Waals surface area contributed by atoms with Crippen LogP contribution >= 0.6 is 28.1 Å². The van der Waals surface area contributed by atoms with Gasteiger partial charge in [0, 0.05) is 16.0 Å². The van der Waals surface area contributed by atoms with Crippen molar-refractivity contribution in [2.24, 2.45) is 11.7 Å². The van der Waals surface area contributed by atoms with Gasteiger partial charge in [-0.15, -0.1) is 0 Å². The molecule has 16 heavy (non-hydrogen) atoms. The van der Waals surface area contributed by atoms with Crippen molar-refractivity contribution in [1.29, 1.82) is 0 Å². The molecule has 3 N–H and O–H groups in total. The molecule has 1 fully saturated rings. The van der Waals surface area contributed by atoms with E-state index in [1.165, 1.54) is 0 Å². The highest BCUT2D eigenvalue weighted by atomic mass is 79.9. The number of rotatable bonds is 3. The van der Waals surface area contributed by atoms with Crippen molar-refractivity contribution in [3.63, 3.8) is 0 Å². The summed E-state index contributed by atoms with van der Waals surface area (Å²) in [6, 6.07) is 5.46. The van der Waals surface area contributed by atoms with Gasteiger partial charge < -0.3 is 11.1 Å². The van der Waals surface area contributed by atoms with Crippen LogP contribution in [0.1, 0.15) is 18.4 Å². The minimum Gasteiger partial charge on any atom is -0.389 e. The maximum atomic E-state index is 11.7. The Morgan fingerprint density at radius 2 is 2.19 bits per heavy atom. The predicted octanol–water partition coefficient (Wildman–Crippen LogP) is 2.43. The fraction of sp³-hybridized carbons (Fsp3) is 0.273. The van der Waals surface area contributed by atoms with E-state index in [4.69, 9.17) is 18.0 Å². The van der Waals surface area contributed by atoms with Gasteiger partial charge in [0.25, 0.3) is 0 Å².